The van der Waals surface area contributed by atoms with Gasteiger partial charge < -0.3 is 14.6 Å². The molecule has 5 nitrogen and oxygen atoms in total. The highest BCUT2D eigenvalue weighted by Crippen LogP contribution is 2.38. The van der Waals surface area contributed by atoms with Crippen molar-refractivity contribution < 1.29 is 19.4 Å². The van der Waals surface area contributed by atoms with Crippen molar-refractivity contribution in [1.82, 2.24) is 4.98 Å². The van der Waals surface area contributed by atoms with Gasteiger partial charge in [-0.05, 0) is 56.1 Å². The molecule has 0 fully saturated rings. The van der Waals surface area contributed by atoms with Crippen LogP contribution in [0, 0.1) is 0 Å². The Kier molecular flexibility index (Phi) is 4.61. The second-order valence-electron chi connectivity index (χ2n) is 3.67. The molecule has 0 atom stereocenters. The summed E-state index contributed by atoms with van der Waals surface area (Å²) in [4.78, 5) is 14.9. The molecule has 0 aliphatic carbocycles. The number of halogens is 2. The fraction of sp³-hybridized carbons (Fsp3) is 0.0769. The van der Waals surface area contributed by atoms with Gasteiger partial charge in [-0.1, -0.05) is 0 Å². The SMILES string of the molecule is COc1cc(Br)c(Oc2cccnc2C(=O)O)cc1Br. The van der Waals surface area contributed by atoms with Crippen LogP contribution in [-0.2, 0) is 0 Å². The van der Waals surface area contributed by atoms with E-state index in [2.05, 4.69) is 36.8 Å². The van der Waals surface area contributed by atoms with Gasteiger partial charge in [0.1, 0.15) is 11.5 Å². The first-order chi connectivity index (χ1) is 9.52. The summed E-state index contributed by atoms with van der Waals surface area (Å²) in [6.07, 6.45) is 1.40. The number of methoxy groups -OCH3 is 1. The highest BCUT2D eigenvalue weighted by Gasteiger charge is 2.15. The third-order valence-electron chi connectivity index (χ3n) is 2.40. The average molecular weight is 403 g/mol. The quantitative estimate of drug-likeness (QED) is 0.833. The summed E-state index contributed by atoms with van der Waals surface area (Å²) < 4.78 is 12.1. The van der Waals surface area contributed by atoms with E-state index in [9.17, 15) is 4.79 Å². The number of benzene rings is 1. The number of pyridine rings is 1. The third kappa shape index (κ3) is 3.10. The maximum atomic E-state index is 11.1. The van der Waals surface area contributed by atoms with E-state index in [4.69, 9.17) is 14.6 Å². The molecule has 0 bridgehead atoms. The van der Waals surface area contributed by atoms with Crippen LogP contribution in [0.1, 0.15) is 10.5 Å². The van der Waals surface area contributed by atoms with E-state index in [1.165, 1.54) is 6.20 Å². The monoisotopic (exact) mass is 401 g/mol. The molecule has 1 aromatic carbocycles. The average Bonchev–Trinajstić information content (AvgIpc) is 2.42. The molecule has 104 valence electrons. The molecule has 0 aliphatic heterocycles. The predicted octanol–water partition coefficient (Wildman–Crippen LogP) is 4.11. The molecule has 0 amide bonds. The lowest BCUT2D eigenvalue weighted by Crippen LogP contribution is -2.03. The van der Waals surface area contributed by atoms with Gasteiger partial charge in [0, 0.05) is 6.20 Å². The number of hydrogen-bond acceptors (Lipinski definition) is 4. The van der Waals surface area contributed by atoms with Crippen LogP contribution in [0.15, 0.2) is 39.4 Å². The highest BCUT2D eigenvalue weighted by atomic mass is 79.9. The lowest BCUT2D eigenvalue weighted by molar-refractivity contribution is 0.0687. The number of carbonyl (C=O) groups is 1. The van der Waals surface area contributed by atoms with Gasteiger partial charge >= 0.3 is 5.97 Å². The molecule has 1 N–H and O–H groups in total. The molecule has 0 saturated carbocycles. The summed E-state index contributed by atoms with van der Waals surface area (Å²) >= 11 is 6.69. The van der Waals surface area contributed by atoms with E-state index in [1.807, 2.05) is 0 Å². The van der Waals surface area contributed by atoms with Crippen LogP contribution >= 0.6 is 31.9 Å². The highest BCUT2D eigenvalue weighted by molar-refractivity contribution is 9.11. The van der Waals surface area contributed by atoms with Gasteiger partial charge in [0.15, 0.2) is 11.4 Å². The van der Waals surface area contributed by atoms with Crippen LogP contribution in [0.3, 0.4) is 0 Å². The fourth-order valence-corrected chi connectivity index (χ4v) is 2.38. The number of carboxylic acids is 1. The maximum Gasteiger partial charge on any atom is 0.358 e. The summed E-state index contributed by atoms with van der Waals surface area (Å²) in [5.74, 6) is 0.101. The second-order valence-corrected chi connectivity index (χ2v) is 5.38. The predicted molar refractivity (Wildman–Crippen MR) is 79.7 cm³/mol. The second kappa shape index (κ2) is 6.23. The molecule has 1 aromatic heterocycles. The number of ether oxygens (including phenoxy) is 2. The van der Waals surface area contributed by atoms with Crippen LogP contribution in [0.4, 0.5) is 0 Å². The van der Waals surface area contributed by atoms with Crippen LogP contribution in [0.5, 0.6) is 17.2 Å². The molecule has 0 radical (unpaired) electrons. The number of rotatable bonds is 4. The maximum absolute atomic E-state index is 11.1. The lowest BCUT2D eigenvalue weighted by Gasteiger charge is -2.11. The van der Waals surface area contributed by atoms with Crippen molar-refractivity contribution in [2.45, 2.75) is 0 Å². The van der Waals surface area contributed by atoms with E-state index >= 15 is 0 Å². The van der Waals surface area contributed by atoms with Gasteiger partial charge in [-0.2, -0.15) is 0 Å². The molecular weight excluding hydrogens is 394 g/mol. The van der Waals surface area contributed by atoms with Crippen LogP contribution in [0.2, 0.25) is 0 Å². The minimum absolute atomic E-state index is 0.147. The van der Waals surface area contributed by atoms with E-state index in [1.54, 1.807) is 31.4 Å². The standard InChI is InChI=1S/C13H9Br2NO4/c1-19-10-5-8(15)11(6-7(10)14)20-9-3-2-4-16-12(9)13(17)18/h2-6H,1H3,(H,17,18). The van der Waals surface area contributed by atoms with E-state index < -0.39 is 5.97 Å². The molecule has 0 spiro atoms. The van der Waals surface area contributed by atoms with E-state index in [-0.39, 0.29) is 11.4 Å². The van der Waals surface area contributed by atoms with Crippen molar-refractivity contribution in [3.63, 3.8) is 0 Å². The molecule has 1 heterocycles. The molecule has 7 heteroatoms. The van der Waals surface area contributed by atoms with Gasteiger partial charge in [0.2, 0.25) is 0 Å². The van der Waals surface area contributed by atoms with Crippen molar-refractivity contribution in [3.8, 4) is 17.2 Å². The first-order valence-electron chi connectivity index (χ1n) is 5.42. The van der Waals surface area contributed by atoms with Gasteiger partial charge in [-0.15, -0.1) is 0 Å². The van der Waals surface area contributed by atoms with Crippen molar-refractivity contribution in [3.05, 3.63) is 45.1 Å². The van der Waals surface area contributed by atoms with E-state index in [0.717, 1.165) is 0 Å². The minimum Gasteiger partial charge on any atom is -0.496 e. The minimum atomic E-state index is -1.15. The van der Waals surface area contributed by atoms with Crippen molar-refractivity contribution >= 4 is 37.8 Å². The Balaban J connectivity index is 2.40. The van der Waals surface area contributed by atoms with Crippen LogP contribution < -0.4 is 9.47 Å². The number of nitrogens with zero attached hydrogens (tertiary/aromatic N) is 1. The number of aromatic carboxylic acids is 1. The largest absolute Gasteiger partial charge is 0.496 e. The van der Waals surface area contributed by atoms with Gasteiger partial charge in [-0.3, -0.25) is 0 Å². The van der Waals surface area contributed by atoms with Crippen molar-refractivity contribution in [2.75, 3.05) is 7.11 Å². The molecule has 20 heavy (non-hydrogen) atoms. The Bertz CT molecular complexity index is 661. The molecule has 2 rings (SSSR count). The van der Waals surface area contributed by atoms with Gasteiger partial charge in [-0.25, -0.2) is 9.78 Å². The Morgan fingerprint density at radius 1 is 1.20 bits per heavy atom. The number of aromatic nitrogens is 1. The third-order valence-corrected chi connectivity index (χ3v) is 3.64. The van der Waals surface area contributed by atoms with Crippen molar-refractivity contribution in [2.24, 2.45) is 0 Å². The summed E-state index contributed by atoms with van der Waals surface area (Å²) in [6, 6.07) is 6.55. The Labute approximate surface area is 131 Å². The number of hydrogen-bond donors (Lipinski definition) is 1. The summed E-state index contributed by atoms with van der Waals surface area (Å²) in [5, 5.41) is 9.07. The summed E-state index contributed by atoms with van der Waals surface area (Å²) in [5.41, 5.74) is -0.147. The smallest absolute Gasteiger partial charge is 0.358 e. The van der Waals surface area contributed by atoms with Gasteiger partial charge in [0.25, 0.3) is 0 Å². The topological polar surface area (TPSA) is 68.7 Å². The zero-order chi connectivity index (χ0) is 14.7. The molecule has 0 aliphatic rings. The molecular formula is C13H9Br2NO4. The molecule has 0 unspecified atom stereocenters. The fourth-order valence-electron chi connectivity index (χ4n) is 1.50. The molecule has 0 saturated heterocycles. The van der Waals surface area contributed by atoms with Crippen LogP contribution in [0.25, 0.3) is 0 Å². The Morgan fingerprint density at radius 2 is 1.85 bits per heavy atom. The van der Waals surface area contributed by atoms with Gasteiger partial charge in [0.05, 0.1) is 16.1 Å². The zero-order valence-corrected chi connectivity index (χ0v) is 13.4. The van der Waals surface area contributed by atoms with Crippen LogP contribution in [-0.4, -0.2) is 23.2 Å². The summed E-state index contributed by atoms with van der Waals surface area (Å²) in [7, 11) is 1.55. The zero-order valence-electron chi connectivity index (χ0n) is 10.3. The summed E-state index contributed by atoms with van der Waals surface area (Å²) in [6.45, 7) is 0. The lowest BCUT2D eigenvalue weighted by atomic mass is 10.3. The Hall–Kier alpha value is -1.60. The van der Waals surface area contributed by atoms with Crippen molar-refractivity contribution in [1.29, 1.82) is 0 Å². The Morgan fingerprint density at radius 3 is 2.50 bits per heavy atom. The first kappa shape index (κ1) is 14.8. The number of carboxylic acid groups (broad SMARTS) is 1. The normalized spacial score (nSPS) is 10.2. The molecule has 2 aromatic rings. The first-order valence-corrected chi connectivity index (χ1v) is 7.00. The van der Waals surface area contributed by atoms with E-state index in [0.29, 0.717) is 20.4 Å².